The van der Waals surface area contributed by atoms with Crippen LogP contribution in [0.1, 0.15) is 66.9 Å². The third-order valence-electron chi connectivity index (χ3n) is 11.6. The van der Waals surface area contributed by atoms with Crippen LogP contribution < -0.4 is 10.2 Å². The number of esters is 1. The highest BCUT2D eigenvalue weighted by molar-refractivity contribution is 5.84. The van der Waals surface area contributed by atoms with Crippen molar-refractivity contribution in [1.29, 1.82) is 0 Å². The highest BCUT2D eigenvalue weighted by Gasteiger charge is 2.70. The van der Waals surface area contributed by atoms with E-state index >= 15 is 0 Å². The number of fused-ring (bicyclic) bond motifs is 1. The van der Waals surface area contributed by atoms with E-state index in [9.17, 15) is 34.8 Å². The summed E-state index contributed by atoms with van der Waals surface area (Å²) in [6, 6.07) is 6.62. The number of methoxy groups -OCH3 is 1. The third-order valence-corrected chi connectivity index (χ3v) is 11.6. The molecule has 1 aromatic carbocycles. The van der Waals surface area contributed by atoms with E-state index in [0.717, 1.165) is 5.56 Å². The molecule has 3 unspecified atom stereocenters. The molecule has 1 saturated carbocycles. The number of hydroxylamine groups is 1. The minimum absolute atomic E-state index is 0.0867. The van der Waals surface area contributed by atoms with Crippen LogP contribution in [0.5, 0.6) is 5.75 Å². The molecule has 0 bridgehead atoms. The molecule has 2 aliphatic heterocycles. The number of carbonyl (C=O) groups excluding carboxylic acids is 3. The number of nitrogens with zero attached hydrogens (tertiary/aromatic N) is 1. The smallest absolute Gasteiger partial charge is 0.311 e. The minimum Gasteiger partial charge on any atom is -0.484 e. The number of ether oxygens (including phenoxy) is 5. The summed E-state index contributed by atoms with van der Waals surface area (Å²) in [6.07, 6.45) is -7.04. The maximum Gasteiger partial charge on any atom is 0.311 e. The van der Waals surface area contributed by atoms with Gasteiger partial charge < -0.3 is 44.1 Å². The van der Waals surface area contributed by atoms with E-state index < -0.39 is 95.5 Å². The van der Waals surface area contributed by atoms with Gasteiger partial charge >= 0.3 is 5.97 Å². The Hall–Kier alpha value is -2.73. The van der Waals surface area contributed by atoms with Crippen LogP contribution in [0.15, 0.2) is 24.3 Å². The second-order valence-electron chi connectivity index (χ2n) is 15.5. The summed E-state index contributed by atoms with van der Waals surface area (Å²) >= 11 is 0. The van der Waals surface area contributed by atoms with Crippen molar-refractivity contribution >= 4 is 17.7 Å². The number of likely N-dealkylation sites (N-methyl/N-ethyl adjacent to an activating group) is 1. The van der Waals surface area contributed by atoms with E-state index in [1.807, 2.05) is 31.0 Å². The first-order chi connectivity index (χ1) is 24.3. The molecule has 4 rings (SSSR count). The van der Waals surface area contributed by atoms with E-state index in [1.165, 1.54) is 26.4 Å². The van der Waals surface area contributed by atoms with Crippen LogP contribution in [0.3, 0.4) is 0 Å². The van der Waals surface area contributed by atoms with Crippen molar-refractivity contribution in [2.45, 2.75) is 128 Å². The SMILES string of the molecule is CO[C@@]1(C)C[C@@H](C)C(=O)[C@H](C)[C@@H](O)[C@@]2(O)C(C)C2OC(=O)[C@H](C)[C@H](O)[C@H](C)[C@H]1OC1O[C@H](C)C[C@H](N(C)Cc2ccc(OCC(=O)NO)cc2)[C@H]1O. The fourth-order valence-electron chi connectivity index (χ4n) is 8.02. The number of hydrogen-bond donors (Lipinski definition) is 6. The van der Waals surface area contributed by atoms with Gasteiger partial charge in [-0.1, -0.05) is 39.8 Å². The molecule has 1 amide bonds. The summed E-state index contributed by atoms with van der Waals surface area (Å²) in [6.45, 7) is 11.8. The average Bonchev–Trinajstić information content (AvgIpc) is 3.65. The van der Waals surface area contributed by atoms with Gasteiger partial charge in [0.15, 0.2) is 12.9 Å². The molecular formula is C37H58N2O13. The van der Waals surface area contributed by atoms with Crippen molar-refractivity contribution in [2.24, 2.45) is 29.6 Å². The van der Waals surface area contributed by atoms with Gasteiger partial charge in [-0.25, -0.2) is 5.48 Å². The van der Waals surface area contributed by atoms with E-state index in [2.05, 4.69) is 0 Å². The second-order valence-corrected chi connectivity index (χ2v) is 15.5. The number of benzene rings is 1. The summed E-state index contributed by atoms with van der Waals surface area (Å²) in [4.78, 5) is 40.3. The Kier molecular flexibility index (Phi) is 13.5. The minimum atomic E-state index is -1.80. The number of hydrogen-bond acceptors (Lipinski definition) is 14. The van der Waals surface area contributed by atoms with Crippen molar-refractivity contribution in [1.82, 2.24) is 10.4 Å². The van der Waals surface area contributed by atoms with Crippen LogP contribution in [0.4, 0.5) is 0 Å². The predicted octanol–water partition coefficient (Wildman–Crippen LogP) is 1.19. The van der Waals surface area contributed by atoms with E-state index in [-0.39, 0.29) is 24.9 Å². The lowest BCUT2D eigenvalue weighted by Crippen LogP contribution is -2.60. The van der Waals surface area contributed by atoms with E-state index in [4.69, 9.17) is 28.9 Å². The normalized spacial score (nSPS) is 41.8. The first-order valence-corrected chi connectivity index (χ1v) is 18.0. The molecule has 0 aromatic heterocycles. The van der Waals surface area contributed by atoms with Crippen LogP contribution in [0.25, 0.3) is 0 Å². The van der Waals surface area contributed by atoms with Gasteiger partial charge in [0.25, 0.3) is 5.91 Å². The van der Waals surface area contributed by atoms with Crippen molar-refractivity contribution < 1.29 is 63.7 Å². The van der Waals surface area contributed by atoms with Crippen LogP contribution in [-0.4, -0.2) is 129 Å². The van der Waals surface area contributed by atoms with Crippen LogP contribution >= 0.6 is 0 Å². The number of Topliss-reactive ketones (excluding diaryl/α,β-unsaturated/α-hetero) is 1. The summed E-state index contributed by atoms with van der Waals surface area (Å²) in [7, 11) is 3.32. The monoisotopic (exact) mass is 738 g/mol. The Morgan fingerprint density at radius 1 is 1.02 bits per heavy atom. The first kappa shape index (κ1) is 42.0. The number of amides is 1. The highest BCUT2D eigenvalue weighted by atomic mass is 16.7. The maximum atomic E-state index is 13.7. The summed E-state index contributed by atoms with van der Waals surface area (Å²) in [5.41, 5.74) is -0.656. The molecule has 15 heteroatoms. The van der Waals surface area contributed by atoms with E-state index in [1.54, 1.807) is 39.8 Å². The van der Waals surface area contributed by atoms with Gasteiger partial charge in [0.2, 0.25) is 0 Å². The molecule has 6 N–H and O–H groups in total. The number of aliphatic hydroxyl groups excluding tert-OH is 3. The van der Waals surface area contributed by atoms with Crippen molar-refractivity contribution in [3.05, 3.63) is 29.8 Å². The molecule has 1 aliphatic carbocycles. The molecule has 3 fully saturated rings. The molecule has 52 heavy (non-hydrogen) atoms. The standard InChI is InChI=1S/C37H58N2O13/c1-18-15-36(7,48-9)32(21(4)29(42)22(5)34(45)51-33-23(6)37(33,46)31(44)20(3)28(18)41)52-35-30(43)26(14-19(2)50-35)39(8)16-24-10-12-25(13-11-24)49-17-27(40)38-47/h10-13,18-23,26,29-33,35,42-44,46-47H,14-17H2,1-9H3,(H,38,40)/t18-,19-,20+,21+,22-,23?,26+,29-,30-,31-,32-,33?,35?,36+,37+/m1/s1. The zero-order chi connectivity index (χ0) is 38.9. The average molecular weight is 739 g/mol. The quantitative estimate of drug-likeness (QED) is 0.119. The lowest BCUT2D eigenvalue weighted by molar-refractivity contribution is -0.302. The van der Waals surface area contributed by atoms with Gasteiger partial charge in [0.05, 0.1) is 35.9 Å². The number of aliphatic hydroxyl groups is 4. The highest BCUT2D eigenvalue weighted by Crippen LogP contribution is 2.51. The van der Waals surface area contributed by atoms with Crippen LogP contribution in [0, 0.1) is 29.6 Å². The number of nitrogens with one attached hydrogen (secondary N) is 1. The molecule has 294 valence electrons. The summed E-state index contributed by atoms with van der Waals surface area (Å²) < 4.78 is 29.9. The molecular weight excluding hydrogens is 680 g/mol. The third kappa shape index (κ3) is 8.63. The molecule has 2 saturated heterocycles. The van der Waals surface area contributed by atoms with Gasteiger partial charge in [-0.05, 0) is 58.4 Å². The fraction of sp³-hybridized carbons (Fsp3) is 0.757. The Labute approximate surface area is 305 Å². The predicted molar refractivity (Wildman–Crippen MR) is 185 cm³/mol. The summed E-state index contributed by atoms with van der Waals surface area (Å²) in [5, 5.41) is 54.5. The fourth-order valence-corrected chi connectivity index (χ4v) is 8.02. The van der Waals surface area contributed by atoms with Crippen LogP contribution in [0.2, 0.25) is 0 Å². The molecule has 2 heterocycles. The van der Waals surface area contributed by atoms with Gasteiger partial charge in [-0.2, -0.15) is 0 Å². The molecule has 15 nitrogen and oxygen atoms in total. The Bertz CT molecular complexity index is 1400. The Balaban J connectivity index is 1.59. The topological polar surface area (TPSA) is 214 Å². The first-order valence-electron chi connectivity index (χ1n) is 18.0. The maximum absolute atomic E-state index is 13.7. The largest absolute Gasteiger partial charge is 0.484 e. The van der Waals surface area contributed by atoms with E-state index in [0.29, 0.717) is 18.7 Å². The molecule has 0 spiro atoms. The number of carbonyl (C=O) groups is 3. The molecule has 0 radical (unpaired) electrons. The molecule has 3 aliphatic rings. The van der Waals surface area contributed by atoms with Crippen molar-refractivity contribution in [2.75, 3.05) is 20.8 Å². The second kappa shape index (κ2) is 16.7. The molecule has 1 aromatic rings. The lowest BCUT2D eigenvalue weighted by Gasteiger charge is -2.48. The van der Waals surface area contributed by atoms with Crippen molar-refractivity contribution in [3.8, 4) is 5.75 Å². The Morgan fingerprint density at radius 2 is 1.65 bits per heavy atom. The lowest BCUT2D eigenvalue weighted by atomic mass is 9.75. The Morgan fingerprint density at radius 3 is 2.25 bits per heavy atom. The van der Waals surface area contributed by atoms with Crippen molar-refractivity contribution in [3.63, 3.8) is 0 Å². The number of ketones is 1. The van der Waals surface area contributed by atoms with Crippen LogP contribution in [-0.2, 0) is 39.9 Å². The zero-order valence-electron chi connectivity index (χ0n) is 31.6. The van der Waals surface area contributed by atoms with Gasteiger partial charge in [-0.15, -0.1) is 0 Å². The van der Waals surface area contributed by atoms with Gasteiger partial charge in [-0.3, -0.25) is 24.5 Å². The summed E-state index contributed by atoms with van der Waals surface area (Å²) in [5.74, 6) is -5.54. The zero-order valence-corrected chi connectivity index (χ0v) is 31.6. The number of rotatable bonds is 9. The van der Waals surface area contributed by atoms with Gasteiger partial charge in [0, 0.05) is 43.4 Å². The molecule has 15 atom stereocenters. The van der Waals surface area contributed by atoms with Gasteiger partial charge in [0.1, 0.15) is 29.3 Å².